The van der Waals surface area contributed by atoms with Crippen LogP contribution in [0.15, 0.2) is 11.6 Å². The fourth-order valence-electron chi connectivity index (χ4n) is 1.38. The third-order valence-corrected chi connectivity index (χ3v) is 12.1. The second-order valence-corrected chi connectivity index (χ2v) is 14.4. The average Bonchev–Trinajstić information content (AvgIpc) is 2.26. The minimum atomic E-state index is -0.526. The van der Waals surface area contributed by atoms with Crippen molar-refractivity contribution in [3.63, 3.8) is 0 Å². The predicted octanol–water partition coefficient (Wildman–Crippen LogP) is 8.13. The average molecular weight is 689 g/mol. The van der Waals surface area contributed by atoms with Crippen LogP contribution < -0.4 is 0 Å². The van der Waals surface area contributed by atoms with Crippen LogP contribution in [0.4, 0.5) is 0 Å². The summed E-state index contributed by atoms with van der Waals surface area (Å²) in [4.78, 5) is 0. The number of alkyl halides is 6. The Bertz CT molecular complexity index is 334. The lowest BCUT2D eigenvalue weighted by atomic mass is 9.76. The molecule has 0 aliphatic heterocycles. The van der Waals surface area contributed by atoms with E-state index in [0.717, 1.165) is 16.6 Å². The van der Waals surface area contributed by atoms with Gasteiger partial charge in [0.05, 0.1) is 5.92 Å². The lowest BCUT2D eigenvalue weighted by Gasteiger charge is -2.51. The van der Waals surface area contributed by atoms with Crippen molar-refractivity contribution in [3.05, 3.63) is 17.5 Å². The highest BCUT2D eigenvalue weighted by molar-refractivity contribution is 9.26. The lowest BCUT2D eigenvalue weighted by molar-refractivity contribution is 0.344. The maximum absolute atomic E-state index is 6.36. The molecule has 0 heterocycles. The molecular weight excluding hydrogens is 671 g/mol. The van der Waals surface area contributed by atoms with Gasteiger partial charge in [-0.3, -0.25) is 0 Å². The highest BCUT2D eigenvalue weighted by Crippen LogP contribution is 2.65. The minimum absolute atomic E-state index is 0.144. The molecule has 0 aromatic carbocycles. The second-order valence-electron chi connectivity index (χ2n) is 5.96. The quantitative estimate of drug-likeness (QED) is 0.237. The number of hydrogen-bond donors (Lipinski definition) is 0. The van der Waals surface area contributed by atoms with Gasteiger partial charge in [-0.15, -0.1) is 0 Å². The van der Waals surface area contributed by atoms with Crippen LogP contribution in [0, 0.1) is 16.7 Å². The number of hydrogen-bond acceptors (Lipinski definition) is 0. The topological polar surface area (TPSA) is 0 Å². The molecule has 0 atom stereocenters. The molecule has 7 heteroatoms. The molecule has 0 fully saturated rings. The van der Waals surface area contributed by atoms with E-state index in [1.165, 1.54) is 0 Å². The van der Waals surface area contributed by atoms with Crippen molar-refractivity contribution in [1.82, 2.24) is 0 Å². The first-order valence-corrected chi connectivity index (χ1v) is 11.6. The normalized spacial score (nSPS) is 14.8. The number of halogens is 7. The number of allylic oxidation sites excluding steroid dienone is 1. The Balaban J connectivity index is 6.00. The summed E-state index contributed by atoms with van der Waals surface area (Å²) >= 11 is 28.8. The summed E-state index contributed by atoms with van der Waals surface area (Å²) in [5.74, 6) is 0.917. The Morgan fingerprint density at radius 3 is 1.25 bits per heavy atom. The Hall–Kier alpha value is 2.91. The summed E-state index contributed by atoms with van der Waals surface area (Å²) in [7, 11) is 0. The molecule has 0 aliphatic rings. The molecule has 0 aliphatic carbocycles. The van der Waals surface area contributed by atoms with Crippen molar-refractivity contribution in [2.75, 3.05) is 10.7 Å². The van der Waals surface area contributed by atoms with Gasteiger partial charge in [-0.05, 0) is 0 Å². The van der Waals surface area contributed by atoms with Gasteiger partial charge in [0.25, 0.3) is 0 Å². The molecule has 0 aromatic rings. The van der Waals surface area contributed by atoms with E-state index in [1.807, 2.05) is 0 Å². The fourth-order valence-corrected chi connectivity index (χ4v) is 8.24. The van der Waals surface area contributed by atoms with Crippen molar-refractivity contribution in [2.45, 2.75) is 34.2 Å². The van der Waals surface area contributed by atoms with Crippen LogP contribution >= 0.6 is 107 Å². The smallest absolute Gasteiger partial charge is 0.0921 e. The summed E-state index contributed by atoms with van der Waals surface area (Å²) in [6.45, 7) is 12.5. The monoisotopic (exact) mass is 683 g/mol. The van der Waals surface area contributed by atoms with Crippen LogP contribution in [0.1, 0.15) is 27.7 Å². The molecule has 20 heavy (non-hydrogen) atoms. The van der Waals surface area contributed by atoms with E-state index in [-0.39, 0.29) is 10.8 Å². The van der Waals surface area contributed by atoms with Crippen LogP contribution in [-0.4, -0.2) is 17.1 Å². The van der Waals surface area contributed by atoms with E-state index in [9.17, 15) is 0 Å². The maximum Gasteiger partial charge on any atom is 0.100 e. The van der Waals surface area contributed by atoms with Crippen LogP contribution in [0.3, 0.4) is 0 Å². The van der Waals surface area contributed by atoms with Gasteiger partial charge in [0, 0.05) is 26.5 Å². The maximum atomic E-state index is 6.36. The van der Waals surface area contributed by atoms with E-state index in [0.29, 0.717) is 5.03 Å². The Morgan fingerprint density at radius 1 is 0.850 bits per heavy atom. The zero-order valence-electron chi connectivity index (χ0n) is 11.8. The first-order chi connectivity index (χ1) is 8.69. The van der Waals surface area contributed by atoms with Crippen LogP contribution in [0.25, 0.3) is 0 Å². The molecule has 119 valence electrons. The van der Waals surface area contributed by atoms with E-state index in [1.54, 1.807) is 0 Å². The van der Waals surface area contributed by atoms with Crippen molar-refractivity contribution < 1.29 is 0 Å². The summed E-state index contributed by atoms with van der Waals surface area (Å²) in [6.07, 6.45) is 0. The van der Waals surface area contributed by atoms with Gasteiger partial charge < -0.3 is 0 Å². The SMILES string of the molecule is C=C(Cl)[C](C(Br)(Br)C(C)(C)CBr)C(Br)(Br)C(C)(C)CBr. The van der Waals surface area contributed by atoms with Crippen LogP contribution in [0.2, 0.25) is 0 Å². The first kappa shape index (κ1) is 22.9. The largest absolute Gasteiger partial charge is 0.100 e. The molecule has 0 rings (SSSR count). The van der Waals surface area contributed by atoms with Gasteiger partial charge in [-0.25, -0.2) is 0 Å². The van der Waals surface area contributed by atoms with Gasteiger partial charge in [-0.1, -0.05) is 141 Å². The highest BCUT2D eigenvalue weighted by Gasteiger charge is 2.59. The molecule has 0 N–H and O–H groups in total. The molecule has 1 radical (unpaired) electrons. The van der Waals surface area contributed by atoms with Crippen molar-refractivity contribution in [2.24, 2.45) is 10.8 Å². The molecule has 0 nitrogen and oxygen atoms in total. The van der Waals surface area contributed by atoms with Gasteiger partial charge in [0.15, 0.2) is 0 Å². The van der Waals surface area contributed by atoms with Crippen molar-refractivity contribution in [1.29, 1.82) is 0 Å². The van der Waals surface area contributed by atoms with Crippen LogP contribution in [-0.2, 0) is 0 Å². The van der Waals surface area contributed by atoms with Gasteiger partial charge >= 0.3 is 0 Å². The Morgan fingerprint density at radius 2 is 1.10 bits per heavy atom. The van der Waals surface area contributed by atoms with Crippen LogP contribution in [0.5, 0.6) is 0 Å². The third-order valence-electron chi connectivity index (χ3n) is 3.27. The summed E-state index contributed by atoms with van der Waals surface area (Å²) in [5, 5.41) is 2.07. The third kappa shape index (κ3) is 4.50. The summed E-state index contributed by atoms with van der Waals surface area (Å²) in [6, 6.07) is 0. The van der Waals surface area contributed by atoms with Crippen molar-refractivity contribution >= 4 is 107 Å². The predicted molar refractivity (Wildman–Crippen MR) is 115 cm³/mol. The Kier molecular flexibility index (Phi) is 9.00. The lowest BCUT2D eigenvalue weighted by Crippen LogP contribution is -2.52. The van der Waals surface area contributed by atoms with E-state index >= 15 is 0 Å². The molecular formula is C13H18Br6Cl. The standard InChI is InChI=1S/C13H18Br6Cl/c1-8(20)9(12(16,17)10(2,3)6-14)13(18,19)11(4,5)7-15/h1,6-7H2,2-5H3. The van der Waals surface area contributed by atoms with Gasteiger partial charge in [-0.2, -0.15) is 0 Å². The minimum Gasteiger partial charge on any atom is -0.0921 e. The molecule has 0 aromatic heterocycles. The Labute approximate surface area is 178 Å². The first-order valence-electron chi connectivity index (χ1n) is 5.79. The van der Waals surface area contributed by atoms with Gasteiger partial charge in [0.1, 0.15) is 6.47 Å². The molecule has 0 spiro atoms. The zero-order chi connectivity index (χ0) is 16.6. The highest BCUT2D eigenvalue weighted by atomic mass is 79.9. The molecule has 0 saturated heterocycles. The van der Waals surface area contributed by atoms with E-state index in [2.05, 4.69) is 130 Å². The molecule has 0 amide bonds. The van der Waals surface area contributed by atoms with Crippen molar-refractivity contribution in [3.8, 4) is 0 Å². The fraction of sp³-hybridized carbons (Fsp3) is 0.769. The van der Waals surface area contributed by atoms with E-state index in [4.69, 9.17) is 11.6 Å². The second kappa shape index (κ2) is 7.86. The molecule has 0 saturated carbocycles. The summed E-state index contributed by atoms with van der Waals surface area (Å²) < 4.78 is -1.05. The zero-order valence-corrected chi connectivity index (χ0v) is 22.0. The van der Waals surface area contributed by atoms with E-state index < -0.39 is 6.47 Å². The molecule has 0 bridgehead atoms. The summed E-state index contributed by atoms with van der Waals surface area (Å²) in [5.41, 5.74) is -0.287. The number of rotatable bonds is 7. The van der Waals surface area contributed by atoms with Gasteiger partial charge in [0.2, 0.25) is 0 Å². The molecule has 0 unspecified atom stereocenters.